The van der Waals surface area contributed by atoms with Gasteiger partial charge in [-0.2, -0.15) is 0 Å². The maximum Gasteiger partial charge on any atom is 0.340 e. The molecule has 3 aliphatic rings. The van der Waals surface area contributed by atoms with Crippen LogP contribution in [0.2, 0.25) is 0 Å². The monoisotopic (exact) mass is 478 g/mol. The van der Waals surface area contributed by atoms with Crippen molar-refractivity contribution in [2.75, 3.05) is 0 Å². The maximum absolute atomic E-state index is 12.9. The lowest BCUT2D eigenvalue weighted by molar-refractivity contribution is -0.268. The van der Waals surface area contributed by atoms with Crippen LogP contribution in [-0.4, -0.2) is 57.1 Å². The van der Waals surface area contributed by atoms with E-state index in [1.165, 1.54) is 12.1 Å². The summed E-state index contributed by atoms with van der Waals surface area (Å²) in [6.45, 7) is 1.56. The molecule has 0 radical (unpaired) electrons. The fraction of sp³-hybridized carbons (Fsp3) is 0.269. The van der Waals surface area contributed by atoms with E-state index in [9.17, 15) is 25.2 Å². The normalized spacial score (nSPS) is 30.6. The minimum Gasteiger partial charge on any atom is -0.508 e. The fourth-order valence-corrected chi connectivity index (χ4v) is 4.96. The van der Waals surface area contributed by atoms with Gasteiger partial charge in [0.1, 0.15) is 41.3 Å². The van der Waals surface area contributed by atoms with E-state index in [1.54, 1.807) is 43.3 Å². The Balaban J connectivity index is 1.45. The van der Waals surface area contributed by atoms with Gasteiger partial charge in [-0.25, -0.2) is 4.79 Å². The van der Waals surface area contributed by atoms with Crippen molar-refractivity contribution in [1.29, 1.82) is 0 Å². The predicted molar refractivity (Wildman–Crippen MR) is 119 cm³/mol. The van der Waals surface area contributed by atoms with Gasteiger partial charge in [0.2, 0.25) is 6.29 Å². The van der Waals surface area contributed by atoms with Gasteiger partial charge in [0.05, 0.1) is 11.7 Å². The molecule has 9 nitrogen and oxygen atoms in total. The van der Waals surface area contributed by atoms with Crippen LogP contribution in [0.3, 0.4) is 0 Å². The molecule has 1 unspecified atom stereocenters. The summed E-state index contributed by atoms with van der Waals surface area (Å²) >= 11 is 0. The van der Waals surface area contributed by atoms with Crippen LogP contribution in [0, 0.1) is 0 Å². The highest BCUT2D eigenvalue weighted by molar-refractivity contribution is 5.97. The first kappa shape index (κ1) is 21.9. The number of esters is 1. The molecule has 1 saturated heterocycles. The van der Waals surface area contributed by atoms with Crippen molar-refractivity contribution >= 4 is 5.97 Å². The van der Waals surface area contributed by atoms with Crippen molar-refractivity contribution < 1.29 is 44.2 Å². The average molecular weight is 478 g/mol. The number of aromatic hydroxyl groups is 1. The third-order valence-electron chi connectivity index (χ3n) is 6.73. The molecule has 180 valence electrons. The zero-order valence-electron chi connectivity index (χ0n) is 18.5. The molecule has 3 aliphatic heterocycles. The summed E-state index contributed by atoms with van der Waals surface area (Å²) < 4.78 is 23.4. The Morgan fingerprint density at radius 1 is 0.857 bits per heavy atom. The molecule has 9 heteroatoms. The SMILES string of the molecule is C[C@H]1O[C@@H](Oc2ccc3c(c2)Oc2cc(O)ccc2C32OC(=O)c3ccccc32)[C@H](O)[C@@H](O)[C@@H]1O. The molecule has 3 heterocycles. The Morgan fingerprint density at radius 3 is 2.37 bits per heavy atom. The third-order valence-corrected chi connectivity index (χ3v) is 6.73. The number of phenols is 1. The van der Waals surface area contributed by atoms with Crippen LogP contribution < -0.4 is 9.47 Å². The molecule has 0 saturated carbocycles. The zero-order valence-corrected chi connectivity index (χ0v) is 18.5. The standard InChI is InChI=1S/C26H22O9/c1-12-21(28)22(29)23(30)25(32-12)33-14-7-9-18-20(11-14)34-19-10-13(27)6-8-17(19)26(18)16-5-3-2-4-15(16)24(31)35-26/h2-12,21-23,25,27-30H,1H3/t12-,21-,22+,23-,25+,26?/m1/s1. The number of hydrogen-bond donors (Lipinski definition) is 4. The highest BCUT2D eigenvalue weighted by Crippen LogP contribution is 2.57. The second kappa shape index (κ2) is 7.69. The van der Waals surface area contributed by atoms with Crippen LogP contribution in [0.25, 0.3) is 0 Å². The molecule has 1 fully saturated rings. The molecule has 1 spiro atoms. The first-order chi connectivity index (χ1) is 16.8. The second-order valence-corrected chi connectivity index (χ2v) is 8.86. The van der Waals surface area contributed by atoms with Gasteiger partial charge >= 0.3 is 5.97 Å². The highest BCUT2D eigenvalue weighted by Gasteiger charge is 2.53. The lowest BCUT2D eigenvalue weighted by Crippen LogP contribution is -2.58. The van der Waals surface area contributed by atoms with Crippen LogP contribution in [-0.2, 0) is 15.1 Å². The Kier molecular flexibility index (Phi) is 4.81. The van der Waals surface area contributed by atoms with Gasteiger partial charge in [0.15, 0.2) is 5.60 Å². The van der Waals surface area contributed by atoms with Crippen molar-refractivity contribution in [2.24, 2.45) is 0 Å². The number of rotatable bonds is 2. The van der Waals surface area contributed by atoms with Gasteiger partial charge in [0, 0.05) is 28.8 Å². The molecule has 6 rings (SSSR count). The van der Waals surface area contributed by atoms with Crippen molar-refractivity contribution in [1.82, 2.24) is 0 Å². The van der Waals surface area contributed by atoms with E-state index in [0.717, 1.165) is 0 Å². The van der Waals surface area contributed by atoms with Gasteiger partial charge in [0.25, 0.3) is 0 Å². The number of phenolic OH excluding ortho intramolecular Hbond substituents is 1. The summed E-state index contributed by atoms with van der Waals surface area (Å²) in [5, 5.41) is 40.4. The second-order valence-electron chi connectivity index (χ2n) is 8.86. The first-order valence-electron chi connectivity index (χ1n) is 11.1. The number of fused-ring (bicyclic) bond motifs is 6. The van der Waals surface area contributed by atoms with Gasteiger partial charge in [-0.15, -0.1) is 0 Å². The van der Waals surface area contributed by atoms with E-state index in [0.29, 0.717) is 33.8 Å². The van der Waals surface area contributed by atoms with Crippen LogP contribution >= 0.6 is 0 Å². The van der Waals surface area contributed by atoms with Crippen molar-refractivity contribution in [3.8, 4) is 23.0 Å². The van der Waals surface area contributed by atoms with Crippen molar-refractivity contribution in [2.45, 2.75) is 43.2 Å². The Hall–Kier alpha value is -3.63. The van der Waals surface area contributed by atoms with Crippen molar-refractivity contribution in [3.63, 3.8) is 0 Å². The van der Waals surface area contributed by atoms with E-state index < -0.39 is 42.3 Å². The van der Waals surface area contributed by atoms with Crippen LogP contribution in [0.15, 0.2) is 60.7 Å². The van der Waals surface area contributed by atoms with Crippen LogP contribution in [0.4, 0.5) is 0 Å². The molecule has 0 amide bonds. The Bertz CT molecular complexity index is 1340. The van der Waals surface area contributed by atoms with Gasteiger partial charge in [-0.1, -0.05) is 18.2 Å². The lowest BCUT2D eigenvalue weighted by atomic mass is 9.77. The highest BCUT2D eigenvalue weighted by atomic mass is 16.7. The topological polar surface area (TPSA) is 135 Å². The largest absolute Gasteiger partial charge is 0.508 e. The number of carbonyl (C=O) groups is 1. The Labute approximate surface area is 199 Å². The molecule has 4 N–H and O–H groups in total. The molecule has 3 aromatic rings. The minimum absolute atomic E-state index is 0.0207. The molecule has 0 bridgehead atoms. The number of hydrogen-bond acceptors (Lipinski definition) is 9. The summed E-state index contributed by atoms with van der Waals surface area (Å²) in [7, 11) is 0. The number of carbonyl (C=O) groups excluding carboxylic acids is 1. The molecule has 3 aromatic carbocycles. The van der Waals surface area contributed by atoms with E-state index in [4.69, 9.17) is 18.9 Å². The van der Waals surface area contributed by atoms with E-state index in [-0.39, 0.29) is 11.5 Å². The van der Waals surface area contributed by atoms with E-state index >= 15 is 0 Å². The minimum atomic E-state index is -1.48. The number of benzene rings is 3. The Morgan fingerprint density at radius 2 is 1.57 bits per heavy atom. The predicted octanol–water partition coefficient (Wildman–Crippen LogP) is 2.17. The van der Waals surface area contributed by atoms with Crippen molar-refractivity contribution in [3.05, 3.63) is 82.9 Å². The molecular weight excluding hydrogens is 456 g/mol. The molecule has 35 heavy (non-hydrogen) atoms. The van der Waals surface area contributed by atoms with Crippen LogP contribution in [0.5, 0.6) is 23.0 Å². The van der Waals surface area contributed by atoms with E-state index in [1.807, 2.05) is 12.1 Å². The average Bonchev–Trinajstić information content (AvgIpc) is 3.14. The summed E-state index contributed by atoms with van der Waals surface area (Å²) in [5.41, 5.74) is 0.896. The van der Waals surface area contributed by atoms with E-state index in [2.05, 4.69) is 0 Å². The summed E-state index contributed by atoms with van der Waals surface area (Å²) in [4.78, 5) is 12.9. The number of aliphatic hydroxyl groups is 3. The molecular formula is C26H22O9. The van der Waals surface area contributed by atoms with Gasteiger partial charge in [-0.3, -0.25) is 0 Å². The van der Waals surface area contributed by atoms with Crippen LogP contribution in [0.1, 0.15) is 34.0 Å². The summed E-state index contributed by atoms with van der Waals surface area (Å²) in [5.74, 6) is 0.366. The van der Waals surface area contributed by atoms with Gasteiger partial charge < -0.3 is 39.4 Å². The molecule has 0 aromatic heterocycles. The smallest absolute Gasteiger partial charge is 0.340 e. The summed E-state index contributed by atoms with van der Waals surface area (Å²) in [6, 6.07) is 16.6. The summed E-state index contributed by atoms with van der Waals surface area (Å²) in [6.07, 6.45) is -6.17. The lowest BCUT2D eigenvalue weighted by Gasteiger charge is -2.39. The number of aliphatic hydroxyl groups excluding tert-OH is 3. The number of ether oxygens (including phenoxy) is 4. The molecule has 6 atom stereocenters. The first-order valence-corrected chi connectivity index (χ1v) is 11.1. The zero-order chi connectivity index (χ0) is 24.5. The molecule has 0 aliphatic carbocycles. The quantitative estimate of drug-likeness (QED) is 0.409. The third kappa shape index (κ3) is 3.13. The maximum atomic E-state index is 12.9. The van der Waals surface area contributed by atoms with Gasteiger partial charge in [-0.05, 0) is 37.3 Å². The fourth-order valence-electron chi connectivity index (χ4n) is 4.96.